The molecule has 13 heteroatoms. The Labute approximate surface area is 179 Å². The van der Waals surface area contributed by atoms with Crippen LogP contribution in [0.25, 0.3) is 0 Å². The number of benzene rings is 2. The summed E-state index contributed by atoms with van der Waals surface area (Å²) >= 11 is 0. The zero-order valence-corrected chi connectivity index (χ0v) is 17.7. The molecule has 1 atom stereocenters. The van der Waals surface area contributed by atoms with Crippen LogP contribution in [0.4, 0.5) is 32.0 Å². The summed E-state index contributed by atoms with van der Waals surface area (Å²) in [5.41, 5.74) is -3.55. The number of carbonyl (C=O) groups is 1. The molecule has 0 saturated heterocycles. The van der Waals surface area contributed by atoms with E-state index >= 15 is 0 Å². The van der Waals surface area contributed by atoms with Crippen molar-refractivity contribution in [2.24, 2.45) is 0 Å². The average Bonchev–Trinajstić information content (AvgIpc) is 2.65. The van der Waals surface area contributed by atoms with E-state index in [9.17, 15) is 39.6 Å². The summed E-state index contributed by atoms with van der Waals surface area (Å²) in [5, 5.41) is 1.88. The van der Waals surface area contributed by atoms with Gasteiger partial charge in [0.1, 0.15) is 5.75 Å². The minimum Gasteiger partial charge on any atom is -0.496 e. The summed E-state index contributed by atoms with van der Waals surface area (Å²) in [7, 11) is -2.85. The van der Waals surface area contributed by atoms with Crippen molar-refractivity contribution in [1.82, 2.24) is 4.72 Å². The monoisotopic (exact) mass is 484 g/mol. The van der Waals surface area contributed by atoms with Crippen LogP contribution in [0.1, 0.15) is 23.6 Å². The molecule has 1 amide bonds. The number of nitrogens with one attached hydrogen (secondary N) is 2. The topological polar surface area (TPSA) is 84.5 Å². The summed E-state index contributed by atoms with van der Waals surface area (Å²) in [6, 6.07) is 2.90. The van der Waals surface area contributed by atoms with Crippen molar-refractivity contribution in [3.05, 3.63) is 53.1 Å². The third-order valence-electron chi connectivity index (χ3n) is 4.26. The third-order valence-corrected chi connectivity index (χ3v) is 5.80. The maximum absolute atomic E-state index is 12.9. The highest BCUT2D eigenvalue weighted by Crippen LogP contribution is 2.37. The number of carbonyl (C=O) groups excluding carboxylic acids is 1. The first-order chi connectivity index (χ1) is 14.5. The Hall–Kier alpha value is -2.80. The van der Waals surface area contributed by atoms with Gasteiger partial charge in [-0.1, -0.05) is 0 Å². The molecule has 0 aliphatic heterocycles. The number of anilines is 1. The fourth-order valence-corrected chi connectivity index (χ4v) is 3.94. The summed E-state index contributed by atoms with van der Waals surface area (Å²) in [6.45, 7) is 2.67. The number of ether oxygens (including phenoxy) is 1. The van der Waals surface area contributed by atoms with Crippen molar-refractivity contribution in [3.63, 3.8) is 0 Å². The molecule has 2 aromatic carbocycles. The second-order valence-electron chi connectivity index (χ2n) is 6.76. The van der Waals surface area contributed by atoms with E-state index in [4.69, 9.17) is 4.74 Å². The molecule has 0 saturated carbocycles. The molecule has 0 aliphatic rings. The molecule has 0 aromatic heterocycles. The Kier molecular flexibility index (Phi) is 7.15. The van der Waals surface area contributed by atoms with Gasteiger partial charge in [0.25, 0.3) is 0 Å². The molecule has 2 rings (SSSR count). The number of hydrogen-bond acceptors (Lipinski definition) is 4. The van der Waals surface area contributed by atoms with Gasteiger partial charge in [-0.05, 0) is 55.8 Å². The molecule has 0 aliphatic carbocycles. The van der Waals surface area contributed by atoms with Crippen LogP contribution < -0.4 is 14.8 Å². The normalized spacial score (nSPS) is 13.5. The maximum Gasteiger partial charge on any atom is 0.416 e. The van der Waals surface area contributed by atoms with E-state index in [0.29, 0.717) is 23.4 Å². The summed E-state index contributed by atoms with van der Waals surface area (Å²) in [5.74, 6) is -0.744. The highest BCUT2D eigenvalue weighted by Gasteiger charge is 2.37. The Morgan fingerprint density at radius 3 is 1.94 bits per heavy atom. The van der Waals surface area contributed by atoms with E-state index < -0.39 is 51.1 Å². The molecule has 6 nitrogen and oxygen atoms in total. The number of amides is 1. The van der Waals surface area contributed by atoms with Crippen LogP contribution in [0.2, 0.25) is 0 Å². The lowest BCUT2D eigenvalue weighted by Gasteiger charge is -2.17. The zero-order chi connectivity index (χ0) is 24.5. The van der Waals surface area contributed by atoms with Crippen molar-refractivity contribution in [3.8, 4) is 5.75 Å². The fourth-order valence-electron chi connectivity index (χ4n) is 2.65. The predicted octanol–water partition coefficient (Wildman–Crippen LogP) is 4.35. The molecular weight excluding hydrogens is 466 g/mol. The van der Waals surface area contributed by atoms with Gasteiger partial charge in [0, 0.05) is 5.69 Å². The van der Waals surface area contributed by atoms with Crippen LogP contribution in [0.3, 0.4) is 0 Å². The molecular formula is C19H18F6N2O4S. The van der Waals surface area contributed by atoms with Gasteiger partial charge < -0.3 is 10.1 Å². The van der Waals surface area contributed by atoms with Crippen LogP contribution in [-0.4, -0.2) is 27.5 Å². The lowest BCUT2D eigenvalue weighted by molar-refractivity contribution is -0.143. The van der Waals surface area contributed by atoms with Gasteiger partial charge in [-0.15, -0.1) is 0 Å². The first-order valence-corrected chi connectivity index (χ1v) is 10.3. The molecule has 32 heavy (non-hydrogen) atoms. The number of alkyl halides is 6. The summed E-state index contributed by atoms with van der Waals surface area (Å²) in [6.07, 6.45) is -10.2. The van der Waals surface area contributed by atoms with Gasteiger partial charge in [0.15, 0.2) is 0 Å². The summed E-state index contributed by atoms with van der Waals surface area (Å²) in [4.78, 5) is 12.1. The van der Waals surface area contributed by atoms with E-state index in [2.05, 4.69) is 0 Å². The zero-order valence-electron chi connectivity index (χ0n) is 16.9. The minimum atomic E-state index is -5.10. The predicted molar refractivity (Wildman–Crippen MR) is 103 cm³/mol. The van der Waals surface area contributed by atoms with Crippen molar-refractivity contribution < 1.29 is 44.3 Å². The molecule has 2 aromatic rings. The van der Waals surface area contributed by atoms with Gasteiger partial charge >= 0.3 is 12.4 Å². The van der Waals surface area contributed by atoms with Gasteiger partial charge in [-0.2, -0.15) is 31.1 Å². The standard InChI is InChI=1S/C19H18F6N2O4S/c1-10-6-15(4-5-16(10)31-3)32(29,30)27-11(2)17(28)26-14-8-12(18(20,21)22)7-13(9-14)19(23,24)25/h4-9,11,27H,1-3H3,(H,26,28). The van der Waals surface area contributed by atoms with Crippen molar-refractivity contribution in [2.45, 2.75) is 37.1 Å². The highest BCUT2D eigenvalue weighted by molar-refractivity contribution is 7.89. The molecule has 0 heterocycles. The summed E-state index contributed by atoms with van der Waals surface area (Å²) < 4.78 is 110. The average molecular weight is 484 g/mol. The maximum atomic E-state index is 12.9. The molecule has 0 spiro atoms. The number of sulfonamides is 1. The number of methoxy groups -OCH3 is 1. The largest absolute Gasteiger partial charge is 0.496 e. The van der Waals surface area contributed by atoms with Gasteiger partial charge in [-0.25, -0.2) is 8.42 Å². The van der Waals surface area contributed by atoms with Gasteiger partial charge in [-0.3, -0.25) is 4.79 Å². The van der Waals surface area contributed by atoms with Crippen LogP contribution in [-0.2, 0) is 27.2 Å². The van der Waals surface area contributed by atoms with Crippen LogP contribution in [0, 0.1) is 6.92 Å². The number of rotatable bonds is 6. The second kappa shape index (κ2) is 8.98. The number of hydrogen-bond donors (Lipinski definition) is 2. The Balaban J connectivity index is 2.26. The lowest BCUT2D eigenvalue weighted by Crippen LogP contribution is -2.41. The first kappa shape index (κ1) is 25.5. The quantitative estimate of drug-likeness (QED) is 0.598. The van der Waals surface area contributed by atoms with E-state index in [1.807, 2.05) is 10.0 Å². The minimum absolute atomic E-state index is 0.0895. The third kappa shape index (κ3) is 6.13. The molecule has 176 valence electrons. The Bertz CT molecular complexity index is 1080. The highest BCUT2D eigenvalue weighted by atomic mass is 32.2. The van der Waals surface area contributed by atoms with Crippen LogP contribution in [0.15, 0.2) is 41.3 Å². The SMILES string of the molecule is COc1ccc(S(=O)(=O)NC(C)C(=O)Nc2cc(C(F)(F)F)cc(C(F)(F)F)c2)cc1C. The molecule has 0 bridgehead atoms. The van der Waals surface area contributed by atoms with Crippen molar-refractivity contribution in [2.75, 3.05) is 12.4 Å². The number of halogens is 6. The number of aryl methyl sites for hydroxylation is 1. The van der Waals surface area contributed by atoms with Crippen LogP contribution >= 0.6 is 0 Å². The lowest BCUT2D eigenvalue weighted by atomic mass is 10.1. The molecule has 0 fully saturated rings. The Morgan fingerprint density at radius 1 is 0.969 bits per heavy atom. The fraction of sp³-hybridized carbons (Fsp3) is 0.316. The molecule has 0 radical (unpaired) electrons. The van der Waals surface area contributed by atoms with E-state index in [1.165, 1.54) is 25.3 Å². The van der Waals surface area contributed by atoms with E-state index in [1.54, 1.807) is 6.92 Å². The van der Waals surface area contributed by atoms with E-state index in [0.717, 1.165) is 6.92 Å². The first-order valence-electron chi connectivity index (χ1n) is 8.82. The van der Waals surface area contributed by atoms with Gasteiger partial charge in [0.05, 0.1) is 29.2 Å². The second-order valence-corrected chi connectivity index (χ2v) is 8.47. The molecule has 2 N–H and O–H groups in total. The molecule has 1 unspecified atom stereocenters. The Morgan fingerprint density at radius 2 is 1.50 bits per heavy atom. The van der Waals surface area contributed by atoms with E-state index in [-0.39, 0.29) is 11.0 Å². The van der Waals surface area contributed by atoms with Gasteiger partial charge in [0.2, 0.25) is 15.9 Å². The van der Waals surface area contributed by atoms with Crippen molar-refractivity contribution >= 4 is 21.6 Å². The van der Waals surface area contributed by atoms with Crippen molar-refractivity contribution in [1.29, 1.82) is 0 Å². The van der Waals surface area contributed by atoms with Crippen LogP contribution in [0.5, 0.6) is 5.75 Å². The smallest absolute Gasteiger partial charge is 0.416 e.